The Kier molecular flexibility index (Phi) is 4.71. The smallest absolute Gasteiger partial charge is 0.407 e. The fourth-order valence-corrected chi connectivity index (χ4v) is 4.10. The zero-order valence-electron chi connectivity index (χ0n) is 16.3. The quantitative estimate of drug-likeness (QED) is 0.479. The second kappa shape index (κ2) is 7.81. The number of H-pyrrole nitrogens is 1. The summed E-state index contributed by atoms with van der Waals surface area (Å²) in [4.78, 5) is 15.4. The summed E-state index contributed by atoms with van der Waals surface area (Å²) in [5.41, 5.74) is 6.81. The van der Waals surface area contributed by atoms with E-state index in [0.29, 0.717) is 6.61 Å². The second-order valence-electron chi connectivity index (χ2n) is 7.23. The van der Waals surface area contributed by atoms with Crippen molar-refractivity contribution in [1.82, 2.24) is 10.3 Å². The third-order valence-electron chi connectivity index (χ3n) is 5.48. The Hall–Kier alpha value is -3.97. The third-order valence-corrected chi connectivity index (χ3v) is 5.48. The number of hydrogen-bond donors (Lipinski definition) is 2. The molecule has 1 heterocycles. The Morgan fingerprint density at radius 1 is 0.933 bits per heavy atom. The number of benzene rings is 3. The highest BCUT2D eigenvalue weighted by Gasteiger charge is 2.28. The molecule has 0 spiro atoms. The van der Waals surface area contributed by atoms with Gasteiger partial charge in [0.2, 0.25) is 0 Å². The maximum Gasteiger partial charge on any atom is 0.407 e. The summed E-state index contributed by atoms with van der Waals surface area (Å²) in [6, 6.07) is 24.5. The van der Waals surface area contributed by atoms with E-state index in [1.807, 2.05) is 54.7 Å². The Balaban J connectivity index is 1.21. The van der Waals surface area contributed by atoms with Crippen LogP contribution in [0.3, 0.4) is 0 Å². The third kappa shape index (κ3) is 3.31. The van der Waals surface area contributed by atoms with Gasteiger partial charge in [-0.25, -0.2) is 4.79 Å². The lowest BCUT2D eigenvalue weighted by Crippen LogP contribution is -2.26. The zero-order chi connectivity index (χ0) is 20.3. The van der Waals surface area contributed by atoms with Crippen molar-refractivity contribution in [2.75, 3.05) is 13.2 Å². The molecule has 146 valence electrons. The van der Waals surface area contributed by atoms with Crippen molar-refractivity contribution < 1.29 is 9.53 Å². The number of nitrogens with one attached hydrogen (secondary N) is 2. The normalized spacial score (nSPS) is 12.0. The molecule has 1 aliphatic carbocycles. The number of ether oxygens (including phenoxy) is 1. The number of hydrogen-bond acceptors (Lipinski definition) is 2. The van der Waals surface area contributed by atoms with Gasteiger partial charge in [-0.1, -0.05) is 66.4 Å². The minimum absolute atomic E-state index is 0.0560. The monoisotopic (exact) mass is 392 g/mol. The molecule has 0 radical (unpaired) electrons. The van der Waals surface area contributed by atoms with Gasteiger partial charge in [-0.3, -0.25) is 0 Å². The highest BCUT2D eigenvalue weighted by molar-refractivity contribution is 5.85. The average Bonchev–Trinajstić information content (AvgIpc) is 3.39. The van der Waals surface area contributed by atoms with Gasteiger partial charge < -0.3 is 15.0 Å². The zero-order valence-corrected chi connectivity index (χ0v) is 16.3. The summed E-state index contributed by atoms with van der Waals surface area (Å²) in [7, 11) is 0. The fourth-order valence-electron chi connectivity index (χ4n) is 4.10. The Bertz CT molecular complexity index is 1250. The van der Waals surface area contributed by atoms with E-state index in [-0.39, 0.29) is 12.5 Å². The molecule has 2 N–H and O–H groups in total. The van der Waals surface area contributed by atoms with E-state index in [9.17, 15) is 4.79 Å². The van der Waals surface area contributed by atoms with Crippen LogP contribution in [0.5, 0.6) is 0 Å². The van der Waals surface area contributed by atoms with Gasteiger partial charge in [0.25, 0.3) is 0 Å². The van der Waals surface area contributed by atoms with Gasteiger partial charge in [0.1, 0.15) is 6.61 Å². The van der Waals surface area contributed by atoms with Crippen LogP contribution < -0.4 is 5.32 Å². The molecular formula is C26H20N2O2. The van der Waals surface area contributed by atoms with Gasteiger partial charge in [-0.15, -0.1) is 0 Å². The standard InChI is InChI=1S/C26H20N2O2/c29-26(28-15-6-8-18-7-5-13-25-19(18)14-16-27-25)30-17-24-22-11-3-1-9-20(22)21-10-2-4-12-23(21)24/h1-5,7,9-14,16,24,27H,15,17H2,(H,28,29). The maximum atomic E-state index is 12.2. The first-order chi connectivity index (χ1) is 14.8. The Morgan fingerprint density at radius 2 is 1.67 bits per heavy atom. The van der Waals surface area contributed by atoms with E-state index in [1.54, 1.807) is 0 Å². The Labute approximate surface area is 174 Å². The summed E-state index contributed by atoms with van der Waals surface area (Å²) in [6.07, 6.45) is 1.44. The van der Waals surface area contributed by atoms with E-state index in [0.717, 1.165) is 16.5 Å². The van der Waals surface area contributed by atoms with Crippen molar-refractivity contribution >= 4 is 17.0 Å². The van der Waals surface area contributed by atoms with Crippen molar-refractivity contribution in [3.05, 3.63) is 95.7 Å². The van der Waals surface area contributed by atoms with Crippen LogP contribution in [0.1, 0.15) is 22.6 Å². The SMILES string of the molecule is O=C(NCC#Cc1cccc2[nH]ccc12)OCC1c2ccccc2-c2ccccc21. The van der Waals surface area contributed by atoms with Crippen molar-refractivity contribution in [3.63, 3.8) is 0 Å². The van der Waals surface area contributed by atoms with Crippen LogP contribution in [0.2, 0.25) is 0 Å². The molecule has 0 aliphatic heterocycles. The number of aromatic nitrogens is 1. The molecule has 0 fully saturated rings. The molecule has 0 saturated heterocycles. The lowest BCUT2D eigenvalue weighted by Gasteiger charge is -2.14. The van der Waals surface area contributed by atoms with Gasteiger partial charge >= 0.3 is 6.09 Å². The molecule has 1 amide bonds. The number of rotatable bonds is 3. The van der Waals surface area contributed by atoms with Gasteiger partial charge in [0.05, 0.1) is 6.54 Å². The summed E-state index contributed by atoms with van der Waals surface area (Å²) in [6.45, 7) is 0.535. The molecule has 3 aromatic carbocycles. The molecule has 0 bridgehead atoms. The van der Waals surface area contributed by atoms with Crippen molar-refractivity contribution in [3.8, 4) is 23.0 Å². The highest BCUT2D eigenvalue weighted by Crippen LogP contribution is 2.44. The summed E-state index contributed by atoms with van der Waals surface area (Å²) >= 11 is 0. The van der Waals surface area contributed by atoms with Crippen molar-refractivity contribution in [2.45, 2.75) is 5.92 Å². The minimum atomic E-state index is -0.453. The predicted octanol–water partition coefficient (Wildman–Crippen LogP) is 5.06. The largest absolute Gasteiger partial charge is 0.449 e. The average molecular weight is 392 g/mol. The summed E-state index contributed by atoms with van der Waals surface area (Å²) in [5.74, 6) is 6.17. The van der Waals surface area contributed by atoms with E-state index in [4.69, 9.17) is 4.74 Å². The van der Waals surface area contributed by atoms with Crippen LogP contribution in [-0.2, 0) is 4.74 Å². The first-order valence-electron chi connectivity index (χ1n) is 9.95. The van der Waals surface area contributed by atoms with Crippen LogP contribution >= 0.6 is 0 Å². The number of alkyl carbamates (subject to hydrolysis) is 1. The first-order valence-corrected chi connectivity index (χ1v) is 9.95. The fraction of sp³-hybridized carbons (Fsp3) is 0.115. The maximum absolute atomic E-state index is 12.2. The van der Waals surface area contributed by atoms with Crippen molar-refractivity contribution in [1.29, 1.82) is 0 Å². The van der Waals surface area contributed by atoms with Gasteiger partial charge in [0.15, 0.2) is 0 Å². The van der Waals surface area contributed by atoms with Crippen LogP contribution in [0.4, 0.5) is 4.79 Å². The van der Waals surface area contributed by atoms with E-state index in [1.165, 1.54) is 22.3 Å². The van der Waals surface area contributed by atoms with Gasteiger partial charge in [-0.05, 0) is 40.5 Å². The first kappa shape index (κ1) is 18.1. The van der Waals surface area contributed by atoms with E-state index < -0.39 is 6.09 Å². The van der Waals surface area contributed by atoms with E-state index >= 15 is 0 Å². The van der Waals surface area contributed by atoms with Crippen molar-refractivity contribution in [2.24, 2.45) is 0 Å². The molecule has 4 heteroatoms. The molecule has 1 aromatic heterocycles. The molecule has 0 unspecified atom stereocenters. The number of aromatic amines is 1. The Morgan fingerprint density at radius 3 is 2.43 bits per heavy atom. The predicted molar refractivity (Wildman–Crippen MR) is 118 cm³/mol. The number of fused-ring (bicyclic) bond motifs is 4. The topological polar surface area (TPSA) is 54.1 Å². The van der Waals surface area contributed by atoms with Gasteiger partial charge in [-0.2, -0.15) is 0 Å². The molecule has 5 rings (SSSR count). The number of carbonyl (C=O) groups is 1. The minimum Gasteiger partial charge on any atom is -0.449 e. The summed E-state index contributed by atoms with van der Waals surface area (Å²) in [5, 5.41) is 3.80. The van der Waals surface area contributed by atoms with Crippen LogP contribution in [0.25, 0.3) is 22.0 Å². The molecule has 0 saturated carbocycles. The molecule has 30 heavy (non-hydrogen) atoms. The molecule has 1 aliphatic rings. The van der Waals surface area contributed by atoms with E-state index in [2.05, 4.69) is 46.4 Å². The molecule has 0 atom stereocenters. The lowest BCUT2D eigenvalue weighted by molar-refractivity contribution is 0.144. The van der Waals surface area contributed by atoms with Gasteiger partial charge in [0, 0.05) is 28.6 Å². The number of carbonyl (C=O) groups excluding carboxylic acids is 1. The highest BCUT2D eigenvalue weighted by atomic mass is 16.5. The lowest BCUT2D eigenvalue weighted by atomic mass is 9.98. The summed E-state index contributed by atoms with van der Waals surface area (Å²) < 4.78 is 5.53. The van der Waals surface area contributed by atoms with Crippen LogP contribution in [0.15, 0.2) is 79.0 Å². The molecule has 4 nitrogen and oxygen atoms in total. The second-order valence-corrected chi connectivity index (χ2v) is 7.23. The van der Waals surface area contributed by atoms with Crippen LogP contribution in [-0.4, -0.2) is 24.2 Å². The number of amides is 1. The van der Waals surface area contributed by atoms with Crippen LogP contribution in [0, 0.1) is 11.8 Å². The molecule has 4 aromatic rings. The molecular weight excluding hydrogens is 372 g/mol.